The molecule has 0 radical (unpaired) electrons. The molecule has 0 atom stereocenters. The lowest BCUT2D eigenvalue weighted by Gasteiger charge is -2.23. The fraction of sp³-hybridized carbons (Fsp3) is 0.462. The normalized spacial score (nSPS) is 9.81. The highest BCUT2D eigenvalue weighted by molar-refractivity contribution is 5.52. The molecule has 3 nitrogen and oxygen atoms in total. The van der Waals surface area contributed by atoms with Gasteiger partial charge in [-0.05, 0) is 25.1 Å². The summed E-state index contributed by atoms with van der Waals surface area (Å²) in [5.74, 6) is 2.68. The standard InChI is InChI=1S/C13H19N3/c1-4-9-16(6-3)13-11-15-8-7-12(13)10-14-5-2/h1,7-8,11,14H,5-6,9-10H2,2-3H3. The largest absolute Gasteiger partial charge is 0.359 e. The second kappa shape index (κ2) is 6.86. The Kier molecular flexibility index (Phi) is 5.38. The third-order valence-electron chi connectivity index (χ3n) is 2.46. The van der Waals surface area contributed by atoms with Crippen LogP contribution < -0.4 is 10.2 Å². The topological polar surface area (TPSA) is 28.2 Å². The van der Waals surface area contributed by atoms with E-state index in [-0.39, 0.29) is 0 Å². The molecule has 0 amide bonds. The Balaban J connectivity index is 2.88. The summed E-state index contributed by atoms with van der Waals surface area (Å²) in [5.41, 5.74) is 2.37. The van der Waals surface area contributed by atoms with Crippen LogP contribution in [0, 0.1) is 12.3 Å². The minimum Gasteiger partial charge on any atom is -0.359 e. The second-order valence-corrected chi connectivity index (χ2v) is 3.50. The molecule has 3 heteroatoms. The van der Waals surface area contributed by atoms with E-state index >= 15 is 0 Å². The number of anilines is 1. The first-order chi connectivity index (χ1) is 7.83. The fourth-order valence-corrected chi connectivity index (χ4v) is 1.59. The van der Waals surface area contributed by atoms with E-state index in [9.17, 15) is 0 Å². The highest BCUT2D eigenvalue weighted by Gasteiger charge is 2.07. The summed E-state index contributed by atoms with van der Waals surface area (Å²) in [6, 6.07) is 2.04. The molecule has 0 aromatic carbocycles. The average molecular weight is 217 g/mol. The fourth-order valence-electron chi connectivity index (χ4n) is 1.59. The van der Waals surface area contributed by atoms with Crippen molar-refractivity contribution in [2.24, 2.45) is 0 Å². The minimum absolute atomic E-state index is 0.626. The molecule has 0 spiro atoms. The van der Waals surface area contributed by atoms with Gasteiger partial charge in [-0.25, -0.2) is 0 Å². The van der Waals surface area contributed by atoms with E-state index in [0.29, 0.717) is 6.54 Å². The van der Waals surface area contributed by atoms with Crippen molar-refractivity contribution in [1.29, 1.82) is 0 Å². The molecular weight excluding hydrogens is 198 g/mol. The number of pyridine rings is 1. The van der Waals surface area contributed by atoms with Crippen LogP contribution in [0.1, 0.15) is 19.4 Å². The molecule has 0 bridgehead atoms. The molecule has 0 saturated carbocycles. The maximum absolute atomic E-state index is 5.36. The summed E-state index contributed by atoms with van der Waals surface area (Å²) in [5, 5.41) is 3.32. The van der Waals surface area contributed by atoms with Crippen LogP contribution in [-0.4, -0.2) is 24.6 Å². The van der Waals surface area contributed by atoms with E-state index in [0.717, 1.165) is 25.3 Å². The Hall–Kier alpha value is -1.53. The van der Waals surface area contributed by atoms with Gasteiger partial charge in [-0.2, -0.15) is 0 Å². The molecule has 86 valence electrons. The van der Waals surface area contributed by atoms with Gasteiger partial charge in [-0.15, -0.1) is 6.42 Å². The van der Waals surface area contributed by atoms with Crippen LogP contribution in [-0.2, 0) is 6.54 Å². The predicted molar refractivity (Wildman–Crippen MR) is 68.3 cm³/mol. The lowest BCUT2D eigenvalue weighted by molar-refractivity contribution is 0.721. The van der Waals surface area contributed by atoms with Gasteiger partial charge in [0.05, 0.1) is 18.4 Å². The summed E-state index contributed by atoms with van der Waals surface area (Å²) in [6.45, 7) is 7.54. The van der Waals surface area contributed by atoms with E-state index in [4.69, 9.17) is 6.42 Å². The molecule has 0 aliphatic heterocycles. The van der Waals surface area contributed by atoms with Crippen LogP contribution in [0.15, 0.2) is 18.5 Å². The number of aromatic nitrogens is 1. The lowest BCUT2D eigenvalue weighted by atomic mass is 10.2. The number of nitrogens with zero attached hydrogens (tertiary/aromatic N) is 2. The lowest BCUT2D eigenvalue weighted by Crippen LogP contribution is -2.25. The monoisotopic (exact) mass is 217 g/mol. The zero-order valence-electron chi connectivity index (χ0n) is 10.0. The van der Waals surface area contributed by atoms with Gasteiger partial charge in [0, 0.05) is 19.3 Å². The molecule has 1 N–H and O–H groups in total. The third kappa shape index (κ3) is 3.25. The SMILES string of the molecule is C#CCN(CC)c1cnccc1CNCC. The Morgan fingerprint density at radius 2 is 2.31 bits per heavy atom. The molecule has 0 aliphatic carbocycles. The van der Waals surface area contributed by atoms with Crippen LogP contribution in [0.5, 0.6) is 0 Å². The smallest absolute Gasteiger partial charge is 0.0792 e. The Morgan fingerprint density at radius 1 is 1.50 bits per heavy atom. The molecule has 0 fully saturated rings. The van der Waals surface area contributed by atoms with E-state index in [1.165, 1.54) is 5.56 Å². The second-order valence-electron chi connectivity index (χ2n) is 3.50. The minimum atomic E-state index is 0.626. The number of hydrogen-bond donors (Lipinski definition) is 1. The highest BCUT2D eigenvalue weighted by Crippen LogP contribution is 2.18. The average Bonchev–Trinajstić information content (AvgIpc) is 2.34. The van der Waals surface area contributed by atoms with Gasteiger partial charge in [0.1, 0.15) is 0 Å². The van der Waals surface area contributed by atoms with E-state index < -0.39 is 0 Å². The van der Waals surface area contributed by atoms with Gasteiger partial charge >= 0.3 is 0 Å². The molecule has 1 rings (SSSR count). The van der Waals surface area contributed by atoms with Crippen LogP contribution in [0.2, 0.25) is 0 Å². The Morgan fingerprint density at radius 3 is 2.94 bits per heavy atom. The third-order valence-corrected chi connectivity index (χ3v) is 2.46. The van der Waals surface area contributed by atoms with Crippen molar-refractivity contribution >= 4 is 5.69 Å². The Labute approximate surface area is 97.9 Å². The number of rotatable bonds is 6. The zero-order chi connectivity index (χ0) is 11.8. The van der Waals surface area contributed by atoms with Crippen LogP contribution in [0.25, 0.3) is 0 Å². The van der Waals surface area contributed by atoms with Crippen molar-refractivity contribution in [2.75, 3.05) is 24.5 Å². The van der Waals surface area contributed by atoms with Crippen molar-refractivity contribution in [1.82, 2.24) is 10.3 Å². The first kappa shape index (κ1) is 12.5. The number of nitrogens with one attached hydrogen (secondary N) is 1. The maximum atomic E-state index is 5.36. The van der Waals surface area contributed by atoms with Gasteiger partial charge in [0.25, 0.3) is 0 Å². The first-order valence-electron chi connectivity index (χ1n) is 5.65. The molecule has 1 aromatic heterocycles. The quantitative estimate of drug-likeness (QED) is 0.734. The molecular formula is C13H19N3. The van der Waals surface area contributed by atoms with E-state index in [1.54, 1.807) is 0 Å². The van der Waals surface area contributed by atoms with Gasteiger partial charge in [-0.1, -0.05) is 12.8 Å². The van der Waals surface area contributed by atoms with Crippen LogP contribution >= 0.6 is 0 Å². The van der Waals surface area contributed by atoms with Gasteiger partial charge < -0.3 is 10.2 Å². The molecule has 0 aliphatic rings. The molecule has 1 heterocycles. The van der Waals surface area contributed by atoms with Crippen LogP contribution in [0.4, 0.5) is 5.69 Å². The van der Waals surface area contributed by atoms with Crippen molar-refractivity contribution in [3.8, 4) is 12.3 Å². The van der Waals surface area contributed by atoms with Crippen LogP contribution in [0.3, 0.4) is 0 Å². The molecule has 16 heavy (non-hydrogen) atoms. The van der Waals surface area contributed by atoms with Crippen molar-refractivity contribution in [2.45, 2.75) is 20.4 Å². The molecule has 0 saturated heterocycles. The first-order valence-corrected chi connectivity index (χ1v) is 5.65. The zero-order valence-corrected chi connectivity index (χ0v) is 10.0. The van der Waals surface area contributed by atoms with Crippen molar-refractivity contribution < 1.29 is 0 Å². The highest BCUT2D eigenvalue weighted by atomic mass is 15.1. The maximum Gasteiger partial charge on any atom is 0.0792 e. The summed E-state index contributed by atoms with van der Waals surface area (Å²) in [4.78, 5) is 6.32. The van der Waals surface area contributed by atoms with Gasteiger partial charge in [0.2, 0.25) is 0 Å². The molecule has 1 aromatic rings. The Bertz CT molecular complexity index is 354. The predicted octanol–water partition coefficient (Wildman–Crippen LogP) is 1.65. The number of terminal acetylenes is 1. The van der Waals surface area contributed by atoms with E-state index in [1.807, 2.05) is 18.5 Å². The summed E-state index contributed by atoms with van der Waals surface area (Å²) in [7, 11) is 0. The van der Waals surface area contributed by atoms with E-state index in [2.05, 4.69) is 35.0 Å². The molecule has 0 unspecified atom stereocenters. The van der Waals surface area contributed by atoms with Gasteiger partial charge in [0.15, 0.2) is 0 Å². The van der Waals surface area contributed by atoms with Crippen molar-refractivity contribution in [3.05, 3.63) is 24.0 Å². The summed E-state index contributed by atoms with van der Waals surface area (Å²) < 4.78 is 0. The summed E-state index contributed by atoms with van der Waals surface area (Å²) in [6.07, 6.45) is 9.07. The number of hydrogen-bond acceptors (Lipinski definition) is 3. The summed E-state index contributed by atoms with van der Waals surface area (Å²) >= 11 is 0. The van der Waals surface area contributed by atoms with Crippen molar-refractivity contribution in [3.63, 3.8) is 0 Å². The van der Waals surface area contributed by atoms with Gasteiger partial charge in [-0.3, -0.25) is 4.98 Å².